The molecule has 0 spiro atoms. The molecule has 0 aliphatic carbocycles. The molecule has 2 heteroatoms. The van der Waals surface area contributed by atoms with Crippen LogP contribution in [0.5, 0.6) is 0 Å². The zero-order chi connectivity index (χ0) is 10.7. The van der Waals surface area contributed by atoms with E-state index in [0.717, 1.165) is 11.1 Å². The Hall–Kier alpha value is -1.70. The molecule has 0 saturated heterocycles. The van der Waals surface area contributed by atoms with Crippen molar-refractivity contribution in [2.75, 3.05) is 0 Å². The molecule has 2 rings (SSSR count). The van der Waals surface area contributed by atoms with E-state index < -0.39 is 6.67 Å². The van der Waals surface area contributed by atoms with Gasteiger partial charge in [0.2, 0.25) is 0 Å². The van der Waals surface area contributed by atoms with Crippen LogP contribution < -0.4 is 0 Å². The summed E-state index contributed by atoms with van der Waals surface area (Å²) in [5.41, 5.74) is 2.29. The van der Waals surface area contributed by atoms with E-state index in [2.05, 4.69) is 0 Å². The summed E-state index contributed by atoms with van der Waals surface area (Å²) in [5.74, 6) is -0.281. The number of rotatable bonds is 2. The van der Waals surface area contributed by atoms with Crippen molar-refractivity contribution in [3.63, 3.8) is 0 Å². The molecular weight excluding hydrogens is 194 g/mol. The van der Waals surface area contributed by atoms with Crippen LogP contribution >= 0.6 is 0 Å². The molecule has 0 aromatic heterocycles. The maximum atomic E-state index is 12.7. The van der Waals surface area contributed by atoms with E-state index in [-0.39, 0.29) is 5.82 Å². The highest BCUT2D eigenvalue weighted by Gasteiger charge is 2.03. The summed E-state index contributed by atoms with van der Waals surface area (Å²) >= 11 is 0. The number of hydrogen-bond donors (Lipinski definition) is 0. The van der Waals surface area contributed by atoms with Gasteiger partial charge in [0.05, 0.1) is 0 Å². The van der Waals surface area contributed by atoms with Gasteiger partial charge in [-0.2, -0.15) is 0 Å². The molecule has 0 N–H and O–H groups in total. The minimum Gasteiger partial charge on any atom is -0.246 e. The summed E-state index contributed by atoms with van der Waals surface area (Å²) in [5, 5.41) is 0. The van der Waals surface area contributed by atoms with Crippen LogP contribution in [0.3, 0.4) is 0 Å². The largest absolute Gasteiger partial charge is 0.246 e. The lowest BCUT2D eigenvalue weighted by Crippen LogP contribution is -1.86. The predicted octanol–water partition coefficient (Wildman–Crippen LogP) is 3.96. The number of halogens is 2. The van der Waals surface area contributed by atoms with Gasteiger partial charge < -0.3 is 0 Å². The summed E-state index contributed by atoms with van der Waals surface area (Å²) < 4.78 is 25.4. The molecule has 0 bridgehead atoms. The molecule has 15 heavy (non-hydrogen) atoms. The van der Waals surface area contributed by atoms with E-state index >= 15 is 0 Å². The SMILES string of the molecule is FCc1ccccc1-c1ccc(F)cc1. The average molecular weight is 204 g/mol. The molecule has 0 saturated carbocycles. The molecule has 76 valence electrons. The summed E-state index contributed by atoms with van der Waals surface area (Å²) in [7, 11) is 0. The lowest BCUT2D eigenvalue weighted by molar-refractivity contribution is 0.486. The van der Waals surface area contributed by atoms with E-state index in [0.29, 0.717) is 5.56 Å². The minimum atomic E-state index is -0.506. The third-order valence-corrected chi connectivity index (χ3v) is 2.32. The van der Waals surface area contributed by atoms with Crippen LogP contribution in [-0.4, -0.2) is 0 Å². The van der Waals surface area contributed by atoms with Gasteiger partial charge in [-0.15, -0.1) is 0 Å². The molecule has 0 radical (unpaired) electrons. The molecule has 0 atom stereocenters. The summed E-state index contributed by atoms with van der Waals surface area (Å²) in [6.07, 6.45) is 0. The van der Waals surface area contributed by atoms with E-state index in [1.165, 1.54) is 12.1 Å². The topological polar surface area (TPSA) is 0 Å². The van der Waals surface area contributed by atoms with Gasteiger partial charge in [-0.3, -0.25) is 0 Å². The average Bonchev–Trinajstić information content (AvgIpc) is 2.30. The van der Waals surface area contributed by atoms with Gasteiger partial charge in [-0.1, -0.05) is 36.4 Å². The molecule has 0 heterocycles. The molecule has 2 aromatic carbocycles. The Bertz CT molecular complexity index is 446. The lowest BCUT2D eigenvalue weighted by Gasteiger charge is -2.06. The first-order valence-electron chi connectivity index (χ1n) is 4.71. The van der Waals surface area contributed by atoms with Gasteiger partial charge in [-0.25, -0.2) is 8.78 Å². The van der Waals surface area contributed by atoms with Gasteiger partial charge in [-0.05, 0) is 28.8 Å². The van der Waals surface area contributed by atoms with Crippen molar-refractivity contribution in [2.45, 2.75) is 6.67 Å². The van der Waals surface area contributed by atoms with Crippen molar-refractivity contribution in [3.8, 4) is 11.1 Å². The van der Waals surface area contributed by atoms with Crippen molar-refractivity contribution >= 4 is 0 Å². The molecule has 0 aliphatic heterocycles. The van der Waals surface area contributed by atoms with Crippen molar-refractivity contribution < 1.29 is 8.78 Å². The van der Waals surface area contributed by atoms with Crippen LogP contribution in [0.4, 0.5) is 8.78 Å². The van der Waals surface area contributed by atoms with Gasteiger partial charge in [0.15, 0.2) is 0 Å². The van der Waals surface area contributed by atoms with Gasteiger partial charge in [0.1, 0.15) is 12.5 Å². The molecule has 0 amide bonds. The van der Waals surface area contributed by atoms with Gasteiger partial charge in [0, 0.05) is 0 Å². The number of alkyl halides is 1. The molecular formula is C13H10F2. The van der Waals surface area contributed by atoms with E-state index in [9.17, 15) is 8.78 Å². The first-order chi connectivity index (χ1) is 7.31. The Morgan fingerprint density at radius 1 is 0.867 bits per heavy atom. The van der Waals surface area contributed by atoms with Gasteiger partial charge in [0.25, 0.3) is 0 Å². The summed E-state index contributed by atoms with van der Waals surface area (Å²) in [6.45, 7) is -0.506. The molecule has 0 nitrogen and oxygen atoms in total. The van der Waals surface area contributed by atoms with Gasteiger partial charge >= 0.3 is 0 Å². The second-order valence-corrected chi connectivity index (χ2v) is 3.30. The van der Waals surface area contributed by atoms with Crippen LogP contribution in [0.1, 0.15) is 5.56 Å². The van der Waals surface area contributed by atoms with Crippen LogP contribution in [0, 0.1) is 5.82 Å². The molecule has 0 aliphatic rings. The highest BCUT2D eigenvalue weighted by Crippen LogP contribution is 2.24. The van der Waals surface area contributed by atoms with Crippen LogP contribution in [-0.2, 0) is 6.67 Å². The van der Waals surface area contributed by atoms with Crippen molar-refractivity contribution in [1.82, 2.24) is 0 Å². The Morgan fingerprint density at radius 2 is 1.53 bits per heavy atom. The van der Waals surface area contributed by atoms with E-state index in [1.807, 2.05) is 12.1 Å². The molecule has 2 aromatic rings. The maximum Gasteiger partial charge on any atom is 0.123 e. The Labute approximate surface area is 87.2 Å². The van der Waals surface area contributed by atoms with Crippen molar-refractivity contribution in [2.24, 2.45) is 0 Å². The zero-order valence-electron chi connectivity index (χ0n) is 8.08. The van der Waals surface area contributed by atoms with E-state index in [1.54, 1.807) is 24.3 Å². The standard InChI is InChI=1S/C13H10F2/c14-9-11-3-1-2-4-13(11)10-5-7-12(15)8-6-10/h1-8H,9H2. The summed E-state index contributed by atoms with van der Waals surface area (Å²) in [6, 6.07) is 13.3. The Morgan fingerprint density at radius 3 is 2.20 bits per heavy atom. The number of benzene rings is 2. The second kappa shape index (κ2) is 4.22. The fourth-order valence-electron chi connectivity index (χ4n) is 1.55. The van der Waals surface area contributed by atoms with Crippen LogP contribution in [0.15, 0.2) is 48.5 Å². The minimum absolute atomic E-state index is 0.281. The van der Waals surface area contributed by atoms with Crippen LogP contribution in [0.2, 0.25) is 0 Å². The quantitative estimate of drug-likeness (QED) is 0.694. The normalized spacial score (nSPS) is 10.3. The first kappa shape index (κ1) is 9.84. The third kappa shape index (κ3) is 2.04. The zero-order valence-corrected chi connectivity index (χ0v) is 8.08. The molecule has 0 fully saturated rings. The predicted molar refractivity (Wildman–Crippen MR) is 56.6 cm³/mol. The first-order valence-corrected chi connectivity index (χ1v) is 4.71. The highest BCUT2D eigenvalue weighted by molar-refractivity contribution is 5.67. The van der Waals surface area contributed by atoms with Crippen LogP contribution in [0.25, 0.3) is 11.1 Å². The lowest BCUT2D eigenvalue weighted by atomic mass is 10.0. The van der Waals surface area contributed by atoms with E-state index in [4.69, 9.17) is 0 Å². The van der Waals surface area contributed by atoms with Crippen molar-refractivity contribution in [1.29, 1.82) is 0 Å². The van der Waals surface area contributed by atoms with Crippen molar-refractivity contribution in [3.05, 3.63) is 59.9 Å². The second-order valence-electron chi connectivity index (χ2n) is 3.30. The number of hydrogen-bond acceptors (Lipinski definition) is 0. The molecule has 0 unspecified atom stereocenters. The smallest absolute Gasteiger partial charge is 0.123 e. The third-order valence-electron chi connectivity index (χ3n) is 2.32. The Balaban J connectivity index is 2.49. The monoisotopic (exact) mass is 204 g/mol. The fourth-order valence-corrected chi connectivity index (χ4v) is 1.55. The highest BCUT2D eigenvalue weighted by atomic mass is 19.1. The maximum absolute atomic E-state index is 12.7. The Kier molecular flexibility index (Phi) is 2.77. The summed E-state index contributed by atoms with van der Waals surface area (Å²) in [4.78, 5) is 0. The fraction of sp³-hybridized carbons (Fsp3) is 0.0769.